The van der Waals surface area contributed by atoms with Gasteiger partial charge >= 0.3 is 0 Å². The molecule has 3 aliphatic rings. The minimum Gasteiger partial charge on any atom is -0.396 e. The van der Waals surface area contributed by atoms with Gasteiger partial charge in [0.2, 0.25) is 15.9 Å². The van der Waals surface area contributed by atoms with Crippen molar-refractivity contribution in [3.05, 3.63) is 29.3 Å². The number of amides is 1. The van der Waals surface area contributed by atoms with Crippen molar-refractivity contribution in [1.29, 1.82) is 0 Å². The van der Waals surface area contributed by atoms with Crippen molar-refractivity contribution < 1.29 is 18.3 Å². The maximum Gasteiger partial charge on any atom is 0.243 e. The van der Waals surface area contributed by atoms with Gasteiger partial charge in [-0.1, -0.05) is 24.9 Å². The van der Waals surface area contributed by atoms with E-state index in [1.165, 1.54) is 0 Å². The Morgan fingerprint density at radius 2 is 1.81 bits per heavy atom. The zero-order valence-electron chi connectivity index (χ0n) is 18.9. The van der Waals surface area contributed by atoms with Gasteiger partial charge in [0.15, 0.2) is 0 Å². The summed E-state index contributed by atoms with van der Waals surface area (Å²) in [5.74, 6) is 0.126. The van der Waals surface area contributed by atoms with Gasteiger partial charge < -0.3 is 10.0 Å². The number of likely N-dealkylation sites (tertiary alicyclic amines) is 1. The van der Waals surface area contributed by atoms with Crippen molar-refractivity contribution in [1.82, 2.24) is 9.21 Å². The number of aliphatic hydroxyl groups excluding tert-OH is 1. The Balaban J connectivity index is 1.60. The van der Waals surface area contributed by atoms with E-state index in [9.17, 15) is 18.3 Å². The maximum atomic E-state index is 13.8. The van der Waals surface area contributed by atoms with Crippen molar-refractivity contribution in [3.63, 3.8) is 0 Å². The fourth-order valence-electron chi connectivity index (χ4n) is 5.91. The van der Waals surface area contributed by atoms with Crippen LogP contribution in [0.3, 0.4) is 0 Å². The molecule has 3 fully saturated rings. The van der Waals surface area contributed by atoms with Crippen LogP contribution in [0.5, 0.6) is 0 Å². The molecule has 8 heteroatoms. The second kappa shape index (κ2) is 9.61. The third-order valence-corrected chi connectivity index (χ3v) is 10.0. The van der Waals surface area contributed by atoms with Crippen molar-refractivity contribution in [2.75, 3.05) is 13.2 Å². The van der Waals surface area contributed by atoms with Gasteiger partial charge in [0.05, 0.1) is 4.90 Å². The number of piperidine rings is 1. The fourth-order valence-corrected chi connectivity index (χ4v) is 8.07. The fraction of sp³-hybridized carbons (Fsp3) is 0.708. The smallest absolute Gasteiger partial charge is 0.243 e. The van der Waals surface area contributed by atoms with E-state index >= 15 is 0 Å². The van der Waals surface area contributed by atoms with Crippen molar-refractivity contribution in [3.8, 4) is 0 Å². The number of benzene rings is 1. The second-order valence-corrected chi connectivity index (χ2v) is 12.0. The summed E-state index contributed by atoms with van der Waals surface area (Å²) in [5, 5.41) is 9.87. The van der Waals surface area contributed by atoms with Crippen LogP contribution in [0.1, 0.15) is 71.1 Å². The summed E-state index contributed by atoms with van der Waals surface area (Å²) in [4.78, 5) is 15.5. The molecule has 2 saturated heterocycles. The first-order chi connectivity index (χ1) is 15.3. The molecular weight excluding hydrogens is 448 g/mol. The SMILES string of the molecule is CC[C@@H]1CCC[C@H](C2(CC(=O)N3CCC[C@H]3CCO)CC2)N1S(=O)(=O)c1ccc(Cl)cc1. The van der Waals surface area contributed by atoms with Gasteiger partial charge in [-0.05, 0) is 81.0 Å². The van der Waals surface area contributed by atoms with Crippen LogP contribution in [0.25, 0.3) is 0 Å². The minimum atomic E-state index is -3.69. The van der Waals surface area contributed by atoms with Crippen LogP contribution in [0.15, 0.2) is 29.2 Å². The summed E-state index contributed by atoms with van der Waals surface area (Å²) in [7, 11) is -3.69. The maximum absolute atomic E-state index is 13.8. The lowest BCUT2D eigenvalue weighted by molar-refractivity contribution is -0.134. The molecule has 0 unspecified atom stereocenters. The summed E-state index contributed by atoms with van der Waals surface area (Å²) in [5.41, 5.74) is -0.267. The normalized spacial score (nSPS) is 28.1. The zero-order valence-corrected chi connectivity index (χ0v) is 20.5. The molecule has 3 atom stereocenters. The van der Waals surface area contributed by atoms with Crippen LogP contribution in [0.4, 0.5) is 0 Å². The van der Waals surface area contributed by atoms with E-state index in [1.807, 2.05) is 11.8 Å². The highest BCUT2D eigenvalue weighted by Gasteiger charge is 2.57. The molecule has 0 aromatic heterocycles. The molecule has 0 bridgehead atoms. The number of carbonyl (C=O) groups is 1. The molecule has 1 aromatic carbocycles. The largest absolute Gasteiger partial charge is 0.396 e. The number of halogens is 1. The number of sulfonamides is 1. The van der Waals surface area contributed by atoms with Gasteiger partial charge in [0.1, 0.15) is 0 Å². The van der Waals surface area contributed by atoms with Gasteiger partial charge in [0.25, 0.3) is 0 Å². The molecule has 2 heterocycles. The van der Waals surface area contributed by atoms with Gasteiger partial charge in [-0.3, -0.25) is 4.79 Å². The summed E-state index contributed by atoms with van der Waals surface area (Å²) in [6, 6.07) is 6.35. The Morgan fingerprint density at radius 1 is 1.12 bits per heavy atom. The van der Waals surface area contributed by atoms with Gasteiger partial charge in [-0.15, -0.1) is 0 Å². The Labute approximate surface area is 197 Å². The molecular formula is C24H35ClN2O4S. The standard InChI is InChI=1S/C24H35ClN2O4S/c1-2-19-5-3-7-22(27(19)32(30,31)21-10-8-18(25)9-11-21)24(13-14-24)17-23(29)26-15-4-6-20(26)12-16-28/h8-11,19-20,22,28H,2-7,12-17H2,1H3/t19-,20+,22-/m1/s1. The molecule has 6 nitrogen and oxygen atoms in total. The van der Waals surface area contributed by atoms with E-state index in [2.05, 4.69) is 0 Å². The number of nitrogens with zero attached hydrogens (tertiary/aromatic N) is 2. The first-order valence-corrected chi connectivity index (χ1v) is 13.8. The summed E-state index contributed by atoms with van der Waals surface area (Å²) in [6.07, 6.45) is 8.14. The van der Waals surface area contributed by atoms with Gasteiger partial charge in [-0.25, -0.2) is 8.42 Å². The van der Waals surface area contributed by atoms with Crippen LogP contribution >= 0.6 is 11.6 Å². The molecule has 1 aromatic rings. The topological polar surface area (TPSA) is 77.9 Å². The molecule has 0 spiro atoms. The predicted octanol–water partition coefficient (Wildman–Crippen LogP) is 4.21. The van der Waals surface area contributed by atoms with Crippen LogP contribution in [-0.2, 0) is 14.8 Å². The number of hydrogen-bond acceptors (Lipinski definition) is 4. The highest BCUT2D eigenvalue weighted by atomic mass is 35.5. The van der Waals surface area contributed by atoms with E-state index in [0.717, 1.165) is 57.9 Å². The highest BCUT2D eigenvalue weighted by Crippen LogP contribution is 2.57. The van der Waals surface area contributed by atoms with E-state index < -0.39 is 10.0 Å². The van der Waals surface area contributed by atoms with E-state index in [-0.39, 0.29) is 41.0 Å². The molecule has 4 rings (SSSR count). The summed E-state index contributed by atoms with van der Waals surface area (Å²) < 4.78 is 29.3. The quantitative estimate of drug-likeness (QED) is 0.602. The molecule has 1 saturated carbocycles. The first-order valence-electron chi connectivity index (χ1n) is 12.0. The third-order valence-electron chi connectivity index (χ3n) is 7.80. The molecule has 2 aliphatic heterocycles. The number of rotatable bonds is 8. The Morgan fingerprint density at radius 3 is 2.44 bits per heavy atom. The average Bonchev–Trinajstić information content (AvgIpc) is 3.41. The predicted molar refractivity (Wildman–Crippen MR) is 125 cm³/mol. The van der Waals surface area contributed by atoms with E-state index in [1.54, 1.807) is 28.6 Å². The van der Waals surface area contributed by atoms with Gasteiger partial charge in [-0.2, -0.15) is 4.31 Å². The van der Waals surface area contributed by atoms with E-state index in [4.69, 9.17) is 11.6 Å². The lowest BCUT2D eigenvalue weighted by Gasteiger charge is -2.45. The average molecular weight is 483 g/mol. The number of aliphatic hydroxyl groups is 1. The van der Waals surface area contributed by atoms with Crippen molar-refractivity contribution in [2.24, 2.45) is 5.41 Å². The monoisotopic (exact) mass is 482 g/mol. The van der Waals surface area contributed by atoms with Crippen LogP contribution in [0, 0.1) is 5.41 Å². The summed E-state index contributed by atoms with van der Waals surface area (Å²) >= 11 is 6.00. The second-order valence-electron chi connectivity index (χ2n) is 9.73. The third kappa shape index (κ3) is 4.59. The molecule has 1 N–H and O–H groups in total. The minimum absolute atomic E-state index is 0.0454. The Hall–Kier alpha value is -1.15. The summed E-state index contributed by atoms with van der Waals surface area (Å²) in [6.45, 7) is 2.88. The van der Waals surface area contributed by atoms with E-state index in [0.29, 0.717) is 17.9 Å². The molecule has 32 heavy (non-hydrogen) atoms. The first kappa shape index (κ1) is 24.0. The van der Waals surface area contributed by atoms with Crippen molar-refractivity contribution in [2.45, 2.75) is 94.2 Å². The van der Waals surface area contributed by atoms with Crippen LogP contribution < -0.4 is 0 Å². The zero-order chi connectivity index (χ0) is 22.9. The molecule has 178 valence electrons. The number of carbonyl (C=O) groups excluding carboxylic acids is 1. The molecule has 1 amide bonds. The Bertz CT molecular complexity index is 916. The van der Waals surface area contributed by atoms with Crippen molar-refractivity contribution >= 4 is 27.5 Å². The van der Waals surface area contributed by atoms with Crippen LogP contribution in [0.2, 0.25) is 5.02 Å². The molecule has 0 radical (unpaired) electrons. The highest BCUT2D eigenvalue weighted by molar-refractivity contribution is 7.89. The number of hydrogen-bond donors (Lipinski definition) is 1. The Kier molecular flexibility index (Phi) is 7.20. The molecule has 1 aliphatic carbocycles. The lowest BCUT2D eigenvalue weighted by Crippen LogP contribution is -2.54. The van der Waals surface area contributed by atoms with Gasteiger partial charge in [0, 0.05) is 42.7 Å². The van der Waals surface area contributed by atoms with Crippen LogP contribution in [-0.4, -0.2) is 59.9 Å². The lowest BCUT2D eigenvalue weighted by atomic mass is 9.83.